The second kappa shape index (κ2) is 7.78. The van der Waals surface area contributed by atoms with Crippen molar-refractivity contribution < 1.29 is 13.2 Å². The van der Waals surface area contributed by atoms with Gasteiger partial charge in [0.15, 0.2) is 5.65 Å². The highest BCUT2D eigenvalue weighted by Gasteiger charge is 2.11. The average molecular weight is 428 g/mol. The van der Waals surface area contributed by atoms with Crippen molar-refractivity contribution in [3.8, 4) is 0 Å². The summed E-state index contributed by atoms with van der Waals surface area (Å²) >= 11 is 1.18. The third kappa shape index (κ3) is 4.36. The maximum absolute atomic E-state index is 12.1. The number of rotatable bonds is 6. The predicted molar refractivity (Wildman–Crippen MR) is 110 cm³/mol. The molecule has 2 aromatic heterocycles. The maximum Gasteiger partial charge on any atom is 0.238 e. The number of hydrogen-bond donors (Lipinski definition) is 3. The molecule has 0 saturated carbocycles. The third-order valence-corrected chi connectivity index (χ3v) is 5.94. The summed E-state index contributed by atoms with van der Waals surface area (Å²) in [4.78, 5) is 19.7. The number of nitrogens with two attached hydrogens (primary N) is 1. The Morgan fingerprint density at radius 2 is 1.86 bits per heavy atom. The molecule has 0 aliphatic rings. The Hall–Kier alpha value is -3.02. The van der Waals surface area contributed by atoms with E-state index < -0.39 is 10.0 Å². The van der Waals surface area contributed by atoms with Crippen LogP contribution in [-0.2, 0) is 21.4 Å². The van der Waals surface area contributed by atoms with Gasteiger partial charge in [-0.25, -0.2) is 18.5 Å². The van der Waals surface area contributed by atoms with Gasteiger partial charge in [-0.2, -0.15) is 0 Å². The number of benzene rings is 2. The van der Waals surface area contributed by atoms with Crippen molar-refractivity contribution in [2.45, 2.75) is 16.6 Å². The van der Waals surface area contributed by atoms with E-state index in [0.717, 1.165) is 16.5 Å². The largest absolute Gasteiger partial charge is 0.351 e. The number of carbonyl (C=O) groups excluding carboxylic acids is 1. The molecule has 0 aliphatic carbocycles. The first-order valence-corrected chi connectivity index (χ1v) is 11.1. The molecule has 0 saturated heterocycles. The Kier molecular flexibility index (Phi) is 5.18. The van der Waals surface area contributed by atoms with E-state index in [0.29, 0.717) is 16.3 Å². The van der Waals surface area contributed by atoms with E-state index in [4.69, 9.17) is 5.14 Å². The Morgan fingerprint density at radius 1 is 1.10 bits per heavy atom. The maximum atomic E-state index is 12.1. The Bertz CT molecular complexity index is 1300. The lowest BCUT2D eigenvalue weighted by Gasteiger charge is -2.05. The second-order valence-electron chi connectivity index (χ2n) is 6.22. The Labute approximate surface area is 170 Å². The Morgan fingerprint density at radius 3 is 2.62 bits per heavy atom. The van der Waals surface area contributed by atoms with E-state index in [2.05, 4.69) is 25.5 Å². The van der Waals surface area contributed by atoms with Crippen LogP contribution in [0.15, 0.2) is 58.6 Å². The average Bonchev–Trinajstić information content (AvgIpc) is 3.08. The topological polar surface area (TPSA) is 144 Å². The lowest BCUT2D eigenvalue weighted by atomic mass is 10.2. The molecule has 4 rings (SSSR count). The summed E-state index contributed by atoms with van der Waals surface area (Å²) in [7, 11) is -3.73. The van der Waals surface area contributed by atoms with Crippen molar-refractivity contribution in [3.63, 3.8) is 0 Å². The number of amides is 1. The van der Waals surface area contributed by atoms with Gasteiger partial charge in [0, 0.05) is 17.4 Å². The minimum absolute atomic E-state index is 0.0279. The monoisotopic (exact) mass is 428 g/mol. The van der Waals surface area contributed by atoms with E-state index in [1.165, 1.54) is 23.9 Å². The summed E-state index contributed by atoms with van der Waals surface area (Å²) in [5.41, 5.74) is 3.00. The molecule has 11 heteroatoms. The molecule has 4 N–H and O–H groups in total. The van der Waals surface area contributed by atoms with Crippen molar-refractivity contribution in [2.75, 3.05) is 5.75 Å². The highest BCUT2D eigenvalue weighted by Crippen LogP contribution is 2.23. The van der Waals surface area contributed by atoms with Crippen molar-refractivity contribution in [1.82, 2.24) is 25.5 Å². The fraction of sp³-hybridized carbons (Fsp3) is 0.111. The molecular formula is C18H16N6O3S2. The van der Waals surface area contributed by atoms with Crippen LogP contribution in [0, 0.1) is 0 Å². The lowest BCUT2D eigenvalue weighted by molar-refractivity contribution is -0.118. The summed E-state index contributed by atoms with van der Waals surface area (Å²) < 4.78 is 22.5. The van der Waals surface area contributed by atoms with Gasteiger partial charge in [0.05, 0.1) is 10.6 Å². The fourth-order valence-electron chi connectivity index (χ4n) is 2.75. The molecule has 0 atom stereocenters. The van der Waals surface area contributed by atoms with Crippen LogP contribution >= 0.6 is 11.8 Å². The quantitative estimate of drug-likeness (QED) is 0.395. The Balaban J connectivity index is 1.35. The SMILES string of the molecule is NS(=O)(=O)c1ccc(CNC(=O)CSc2nnc3c(n2)[nH]c2ccccc23)cc1. The number of hydrogen-bond acceptors (Lipinski definition) is 7. The van der Waals surface area contributed by atoms with Gasteiger partial charge in [-0.3, -0.25) is 4.79 Å². The molecule has 2 aromatic carbocycles. The minimum Gasteiger partial charge on any atom is -0.351 e. The summed E-state index contributed by atoms with van der Waals surface area (Å²) in [5, 5.41) is 17.5. The van der Waals surface area contributed by atoms with Crippen LogP contribution in [0.3, 0.4) is 0 Å². The number of sulfonamides is 1. The van der Waals surface area contributed by atoms with Crippen LogP contribution in [0.25, 0.3) is 22.1 Å². The van der Waals surface area contributed by atoms with E-state index >= 15 is 0 Å². The molecule has 0 fully saturated rings. The van der Waals surface area contributed by atoms with Gasteiger partial charge in [-0.1, -0.05) is 42.1 Å². The van der Waals surface area contributed by atoms with Gasteiger partial charge in [0.2, 0.25) is 21.1 Å². The molecule has 1 amide bonds. The number of nitrogens with zero attached hydrogens (tertiary/aromatic N) is 3. The van der Waals surface area contributed by atoms with E-state index in [1.54, 1.807) is 12.1 Å². The highest BCUT2D eigenvalue weighted by molar-refractivity contribution is 7.99. The number of aromatic nitrogens is 4. The number of thioether (sulfide) groups is 1. The van der Waals surface area contributed by atoms with Crippen molar-refractivity contribution in [1.29, 1.82) is 0 Å². The zero-order chi connectivity index (χ0) is 20.4. The van der Waals surface area contributed by atoms with Gasteiger partial charge >= 0.3 is 0 Å². The molecule has 0 spiro atoms. The molecule has 9 nitrogen and oxygen atoms in total. The van der Waals surface area contributed by atoms with Crippen LogP contribution in [0.2, 0.25) is 0 Å². The minimum atomic E-state index is -3.73. The van der Waals surface area contributed by atoms with Gasteiger partial charge in [0.25, 0.3) is 0 Å². The molecule has 148 valence electrons. The fourth-order valence-corrected chi connectivity index (χ4v) is 3.88. The zero-order valence-electron chi connectivity index (χ0n) is 15.0. The van der Waals surface area contributed by atoms with Crippen molar-refractivity contribution in [3.05, 3.63) is 54.1 Å². The summed E-state index contributed by atoms with van der Waals surface area (Å²) in [6, 6.07) is 13.7. The number of fused-ring (bicyclic) bond motifs is 3. The summed E-state index contributed by atoms with van der Waals surface area (Å²) in [6.45, 7) is 0.268. The van der Waals surface area contributed by atoms with Gasteiger partial charge in [0.1, 0.15) is 5.52 Å². The van der Waals surface area contributed by atoms with Crippen molar-refractivity contribution >= 4 is 49.8 Å². The molecule has 4 aromatic rings. The second-order valence-corrected chi connectivity index (χ2v) is 8.72. The molecule has 0 radical (unpaired) electrons. The number of primary sulfonamides is 1. The zero-order valence-corrected chi connectivity index (χ0v) is 16.6. The van der Waals surface area contributed by atoms with Crippen LogP contribution < -0.4 is 10.5 Å². The molecule has 0 unspecified atom stereocenters. The van der Waals surface area contributed by atoms with E-state index in [1.807, 2.05) is 24.3 Å². The summed E-state index contributed by atoms with van der Waals surface area (Å²) in [6.07, 6.45) is 0. The van der Waals surface area contributed by atoms with Crippen LogP contribution in [0.5, 0.6) is 0 Å². The smallest absolute Gasteiger partial charge is 0.238 e. The molecular weight excluding hydrogens is 412 g/mol. The lowest BCUT2D eigenvalue weighted by Crippen LogP contribution is -2.24. The molecule has 0 aliphatic heterocycles. The first-order valence-electron chi connectivity index (χ1n) is 8.52. The first-order chi connectivity index (χ1) is 13.9. The highest BCUT2D eigenvalue weighted by atomic mass is 32.2. The van der Waals surface area contributed by atoms with Gasteiger partial charge in [-0.05, 0) is 23.8 Å². The van der Waals surface area contributed by atoms with Gasteiger partial charge < -0.3 is 10.3 Å². The summed E-state index contributed by atoms with van der Waals surface area (Å²) in [5.74, 6) is -0.0752. The predicted octanol–water partition coefficient (Wildman–Crippen LogP) is 1.56. The first kappa shape index (κ1) is 19.3. The number of H-pyrrole nitrogens is 1. The number of para-hydroxylation sites is 1. The van der Waals surface area contributed by atoms with E-state index in [-0.39, 0.29) is 23.1 Å². The normalized spacial score (nSPS) is 11.8. The molecule has 2 heterocycles. The van der Waals surface area contributed by atoms with Crippen molar-refractivity contribution in [2.24, 2.45) is 5.14 Å². The standard InChI is InChI=1S/C18H16N6O3S2/c19-29(26,27)12-7-5-11(6-8-12)9-20-15(25)10-28-18-22-17-16(23-24-18)13-3-1-2-4-14(13)21-17/h1-8H,9-10H2,(H,20,25)(H2,19,26,27)(H,21,22,24). The molecule has 29 heavy (non-hydrogen) atoms. The van der Waals surface area contributed by atoms with Crippen LogP contribution in [0.4, 0.5) is 0 Å². The number of aromatic amines is 1. The number of nitrogens with one attached hydrogen (secondary N) is 2. The van der Waals surface area contributed by atoms with E-state index in [9.17, 15) is 13.2 Å². The van der Waals surface area contributed by atoms with Gasteiger partial charge in [-0.15, -0.1) is 10.2 Å². The third-order valence-electron chi connectivity index (χ3n) is 4.18. The molecule has 0 bridgehead atoms. The van der Waals surface area contributed by atoms with Crippen LogP contribution in [0.1, 0.15) is 5.56 Å². The van der Waals surface area contributed by atoms with Crippen LogP contribution in [-0.4, -0.2) is 40.2 Å². The number of carbonyl (C=O) groups is 1.